The Hall–Kier alpha value is -2.77. The highest BCUT2D eigenvalue weighted by atomic mass is 16.5. The molecule has 0 aromatic carbocycles. The molecular weight excluding hydrogens is 354 g/mol. The quantitative estimate of drug-likeness (QED) is 0.755. The molecule has 1 atom stereocenters. The van der Waals surface area contributed by atoms with Gasteiger partial charge in [0.25, 0.3) is 0 Å². The highest BCUT2D eigenvalue weighted by Gasteiger charge is 2.30. The van der Waals surface area contributed by atoms with E-state index in [9.17, 15) is 4.79 Å². The van der Waals surface area contributed by atoms with Crippen LogP contribution in [0.4, 0.5) is 5.69 Å². The van der Waals surface area contributed by atoms with Crippen LogP contribution in [0.3, 0.4) is 0 Å². The van der Waals surface area contributed by atoms with E-state index in [2.05, 4.69) is 38.9 Å². The van der Waals surface area contributed by atoms with E-state index < -0.39 is 0 Å². The summed E-state index contributed by atoms with van der Waals surface area (Å²) in [4.78, 5) is 29.0. The fourth-order valence-corrected chi connectivity index (χ4v) is 4.05. The van der Waals surface area contributed by atoms with Crippen LogP contribution in [0, 0.1) is 0 Å². The van der Waals surface area contributed by atoms with Gasteiger partial charge in [0.1, 0.15) is 5.65 Å². The second-order valence-corrected chi connectivity index (χ2v) is 7.51. The maximum absolute atomic E-state index is 12.6. The van der Waals surface area contributed by atoms with Crippen molar-refractivity contribution in [3.05, 3.63) is 42.5 Å². The summed E-state index contributed by atoms with van der Waals surface area (Å²) < 4.78 is 5.51. The van der Waals surface area contributed by atoms with Gasteiger partial charge in [0.05, 0.1) is 31.0 Å². The van der Waals surface area contributed by atoms with E-state index in [1.54, 1.807) is 0 Å². The van der Waals surface area contributed by atoms with Crippen molar-refractivity contribution >= 4 is 22.6 Å². The Morgan fingerprint density at radius 3 is 2.96 bits per heavy atom. The second-order valence-electron chi connectivity index (χ2n) is 7.51. The van der Waals surface area contributed by atoms with Crippen LogP contribution in [0.1, 0.15) is 12.6 Å². The lowest BCUT2D eigenvalue weighted by molar-refractivity contribution is -0.117. The molecule has 7 nitrogen and oxygen atoms in total. The second kappa shape index (κ2) is 7.00. The Kier molecular flexibility index (Phi) is 4.33. The summed E-state index contributed by atoms with van der Waals surface area (Å²) in [5.74, 6) is 0.125. The van der Waals surface area contributed by atoms with Gasteiger partial charge in [0.15, 0.2) is 0 Å². The molecule has 1 fully saturated rings. The summed E-state index contributed by atoms with van der Waals surface area (Å²) in [6, 6.07) is 6.56. The molecule has 1 amide bonds. The first-order valence-corrected chi connectivity index (χ1v) is 9.73. The average Bonchev–Trinajstić information content (AvgIpc) is 3.30. The molecule has 7 heteroatoms. The number of nitrogens with zero attached hydrogens (tertiary/aromatic N) is 4. The number of H-pyrrole nitrogens is 1. The number of hydrogen-bond acceptors (Lipinski definition) is 5. The number of rotatable bonds is 4. The molecule has 28 heavy (non-hydrogen) atoms. The zero-order valence-corrected chi connectivity index (χ0v) is 15.9. The van der Waals surface area contributed by atoms with E-state index in [1.165, 1.54) is 0 Å². The number of morpholine rings is 1. The topological polar surface area (TPSA) is 74.3 Å². The van der Waals surface area contributed by atoms with Crippen molar-refractivity contribution in [1.29, 1.82) is 0 Å². The third kappa shape index (κ3) is 3.06. The predicted octanol–water partition coefficient (Wildman–Crippen LogP) is 2.23. The van der Waals surface area contributed by atoms with Crippen LogP contribution in [-0.4, -0.2) is 64.6 Å². The molecule has 1 N–H and O–H groups in total. The third-order valence-electron chi connectivity index (χ3n) is 5.71. The largest absolute Gasteiger partial charge is 0.379 e. The Labute approximate surface area is 163 Å². The highest BCUT2D eigenvalue weighted by molar-refractivity contribution is 6.01. The number of amides is 1. The lowest BCUT2D eigenvalue weighted by Gasteiger charge is -2.34. The van der Waals surface area contributed by atoms with Gasteiger partial charge in [-0.15, -0.1) is 0 Å². The van der Waals surface area contributed by atoms with E-state index in [0.29, 0.717) is 19.0 Å². The molecule has 2 aliphatic heterocycles. The molecule has 0 aliphatic carbocycles. The summed E-state index contributed by atoms with van der Waals surface area (Å²) in [5, 5.41) is 1.06. The van der Waals surface area contributed by atoms with Crippen molar-refractivity contribution in [1.82, 2.24) is 19.9 Å². The minimum absolute atomic E-state index is 0.125. The smallest absolute Gasteiger partial charge is 0.233 e. The number of nitrogens with one attached hydrogen (secondary N) is 1. The SMILES string of the molecule is C[C@H]1COCCN1CCN1C(=O)Cc2ncc(-c3cnc4[nH]ccc4c3)cc21. The number of hydrogen-bond donors (Lipinski definition) is 1. The first-order valence-electron chi connectivity index (χ1n) is 9.73. The normalized spacial score (nSPS) is 20.1. The molecule has 144 valence electrons. The zero-order chi connectivity index (χ0) is 19.1. The highest BCUT2D eigenvalue weighted by Crippen LogP contribution is 2.32. The predicted molar refractivity (Wildman–Crippen MR) is 107 cm³/mol. The number of aromatic nitrogens is 3. The van der Waals surface area contributed by atoms with E-state index >= 15 is 0 Å². The number of pyridine rings is 2. The van der Waals surface area contributed by atoms with Gasteiger partial charge in [-0.1, -0.05) is 0 Å². The van der Waals surface area contributed by atoms with Crippen molar-refractivity contribution in [2.75, 3.05) is 37.7 Å². The molecule has 0 radical (unpaired) electrons. The third-order valence-corrected chi connectivity index (χ3v) is 5.71. The molecule has 0 bridgehead atoms. The van der Waals surface area contributed by atoms with Gasteiger partial charge in [-0.25, -0.2) is 4.98 Å². The number of aromatic amines is 1. The molecule has 5 heterocycles. The minimum atomic E-state index is 0.125. The van der Waals surface area contributed by atoms with Crippen molar-refractivity contribution in [2.24, 2.45) is 0 Å². The molecule has 0 unspecified atom stereocenters. The molecule has 0 saturated carbocycles. The van der Waals surface area contributed by atoms with E-state index in [4.69, 9.17) is 4.74 Å². The first-order chi connectivity index (χ1) is 13.7. The summed E-state index contributed by atoms with van der Waals surface area (Å²) in [7, 11) is 0. The lowest BCUT2D eigenvalue weighted by atomic mass is 10.1. The number of carbonyl (C=O) groups is 1. The monoisotopic (exact) mass is 377 g/mol. The van der Waals surface area contributed by atoms with Gasteiger partial charge in [0, 0.05) is 60.8 Å². The van der Waals surface area contributed by atoms with Gasteiger partial charge >= 0.3 is 0 Å². The molecule has 3 aromatic heterocycles. The Morgan fingerprint density at radius 2 is 2.07 bits per heavy atom. The maximum Gasteiger partial charge on any atom is 0.233 e. The minimum Gasteiger partial charge on any atom is -0.379 e. The van der Waals surface area contributed by atoms with Crippen LogP contribution in [0.2, 0.25) is 0 Å². The molecule has 2 aliphatic rings. The summed E-state index contributed by atoms with van der Waals surface area (Å²) in [6.07, 6.45) is 5.95. The van der Waals surface area contributed by atoms with E-state index in [1.807, 2.05) is 29.6 Å². The van der Waals surface area contributed by atoms with Crippen molar-refractivity contribution in [2.45, 2.75) is 19.4 Å². The molecule has 1 saturated heterocycles. The summed E-state index contributed by atoms with van der Waals surface area (Å²) in [6.45, 7) is 6.12. The Morgan fingerprint density at radius 1 is 1.21 bits per heavy atom. The van der Waals surface area contributed by atoms with Crippen molar-refractivity contribution < 1.29 is 9.53 Å². The summed E-state index contributed by atoms with van der Waals surface area (Å²) in [5.41, 5.74) is 4.64. The van der Waals surface area contributed by atoms with Crippen LogP contribution in [0.5, 0.6) is 0 Å². The van der Waals surface area contributed by atoms with Gasteiger partial charge < -0.3 is 14.6 Å². The molecular formula is C21H23N5O2. The average molecular weight is 377 g/mol. The summed E-state index contributed by atoms with van der Waals surface area (Å²) >= 11 is 0. The van der Waals surface area contributed by atoms with Gasteiger partial charge in [-0.05, 0) is 25.1 Å². The lowest BCUT2D eigenvalue weighted by Crippen LogP contribution is -2.47. The van der Waals surface area contributed by atoms with E-state index in [0.717, 1.165) is 59.8 Å². The fourth-order valence-electron chi connectivity index (χ4n) is 4.05. The number of anilines is 1. The van der Waals surface area contributed by atoms with Gasteiger partial charge in [-0.2, -0.15) is 0 Å². The molecule has 5 rings (SSSR count). The van der Waals surface area contributed by atoms with Gasteiger partial charge in [-0.3, -0.25) is 14.7 Å². The van der Waals surface area contributed by atoms with Gasteiger partial charge in [0.2, 0.25) is 5.91 Å². The zero-order valence-electron chi connectivity index (χ0n) is 15.9. The number of carbonyl (C=O) groups excluding carboxylic acids is 1. The van der Waals surface area contributed by atoms with Crippen LogP contribution < -0.4 is 4.90 Å². The maximum atomic E-state index is 12.6. The standard InChI is InChI=1S/C21H23N5O2/c1-14-13-28-7-6-25(14)4-5-26-19-9-17(11-23-18(19)10-20(26)27)16-8-15-2-3-22-21(15)24-12-16/h2-3,8-9,11-12,14H,4-7,10,13H2,1H3,(H,22,24)/t14-/m0/s1. The first kappa shape index (κ1) is 17.3. The molecule has 0 spiro atoms. The number of ether oxygens (including phenoxy) is 1. The van der Waals surface area contributed by atoms with Crippen LogP contribution in [0.15, 0.2) is 36.8 Å². The van der Waals surface area contributed by atoms with Crippen molar-refractivity contribution in [3.8, 4) is 11.1 Å². The van der Waals surface area contributed by atoms with Crippen LogP contribution in [-0.2, 0) is 16.0 Å². The fraction of sp³-hybridized carbons (Fsp3) is 0.381. The van der Waals surface area contributed by atoms with Crippen LogP contribution >= 0.6 is 0 Å². The van der Waals surface area contributed by atoms with Crippen molar-refractivity contribution in [3.63, 3.8) is 0 Å². The number of fused-ring (bicyclic) bond motifs is 2. The Bertz CT molecular complexity index is 1030. The molecule has 3 aromatic rings. The van der Waals surface area contributed by atoms with E-state index in [-0.39, 0.29) is 5.91 Å². The van der Waals surface area contributed by atoms with Crippen LogP contribution in [0.25, 0.3) is 22.2 Å². The Balaban J connectivity index is 1.40.